The van der Waals surface area contributed by atoms with Crippen LogP contribution in [0.5, 0.6) is 0 Å². The minimum atomic E-state index is -2.45. The predicted octanol–water partition coefficient (Wildman–Crippen LogP) is 5.27. The summed E-state index contributed by atoms with van der Waals surface area (Å²) < 4.78 is 22.8. The number of hydrogen-bond donors (Lipinski definition) is 0. The van der Waals surface area contributed by atoms with Crippen LogP contribution >= 0.6 is 0 Å². The van der Waals surface area contributed by atoms with Gasteiger partial charge in [-0.15, -0.1) is 0 Å². The Morgan fingerprint density at radius 1 is 0.885 bits per heavy atom. The Hall–Kier alpha value is -0.693. The van der Waals surface area contributed by atoms with Gasteiger partial charge in [-0.3, -0.25) is 0 Å². The van der Waals surface area contributed by atoms with Crippen molar-refractivity contribution in [3.63, 3.8) is 0 Å². The molecule has 0 aliphatic carbocycles. The van der Waals surface area contributed by atoms with E-state index in [1.807, 2.05) is 27.7 Å². The van der Waals surface area contributed by atoms with Crippen molar-refractivity contribution in [2.45, 2.75) is 91.2 Å². The molecule has 0 aromatic carbocycles. The number of carbonyl (C=O) groups is 1. The fourth-order valence-electron chi connectivity index (χ4n) is 2.96. The molecule has 1 atom stereocenters. The number of unbranched alkanes of at least 4 members (excludes halogenated alkanes) is 6. The summed E-state index contributed by atoms with van der Waals surface area (Å²) in [7, 11) is -2.45. The summed E-state index contributed by atoms with van der Waals surface area (Å²) in [6, 6.07) is 0.911. The molecule has 0 fully saturated rings. The van der Waals surface area contributed by atoms with Crippen LogP contribution in [-0.4, -0.2) is 40.7 Å². The van der Waals surface area contributed by atoms with Crippen molar-refractivity contribution in [2.75, 3.05) is 19.8 Å². The summed E-state index contributed by atoms with van der Waals surface area (Å²) >= 11 is 0. The molecule has 0 bridgehead atoms. The number of hydrogen-bond acceptors (Lipinski definition) is 5. The quantitative estimate of drug-likeness (QED) is 0.138. The molecule has 0 amide bonds. The van der Waals surface area contributed by atoms with E-state index in [1.165, 1.54) is 38.2 Å². The molecular weight excluding hydrogens is 348 g/mol. The van der Waals surface area contributed by atoms with Crippen LogP contribution in [0, 0.1) is 0 Å². The summed E-state index contributed by atoms with van der Waals surface area (Å²) in [4.78, 5) is 11.1. The van der Waals surface area contributed by atoms with Crippen molar-refractivity contribution in [1.29, 1.82) is 0 Å². The largest absolute Gasteiger partial charge is 0.500 e. The third-order valence-corrected chi connectivity index (χ3v) is 7.32. The lowest BCUT2D eigenvalue weighted by atomic mass is 10.1. The molecule has 0 heterocycles. The second-order valence-electron chi connectivity index (χ2n) is 6.45. The van der Waals surface area contributed by atoms with E-state index in [0.717, 1.165) is 25.3 Å². The molecule has 6 heteroatoms. The van der Waals surface area contributed by atoms with Gasteiger partial charge in [-0.1, -0.05) is 38.7 Å². The molecule has 0 saturated heterocycles. The second-order valence-corrected chi connectivity index (χ2v) is 9.18. The van der Waals surface area contributed by atoms with Crippen molar-refractivity contribution in [3.05, 3.63) is 12.7 Å². The number of ether oxygens (including phenoxy) is 1. The molecule has 0 radical (unpaired) electrons. The van der Waals surface area contributed by atoms with Crippen molar-refractivity contribution in [2.24, 2.45) is 0 Å². The van der Waals surface area contributed by atoms with Gasteiger partial charge < -0.3 is 18.0 Å². The molecule has 0 spiro atoms. The van der Waals surface area contributed by atoms with Crippen LogP contribution in [-0.2, 0) is 22.8 Å². The molecule has 0 rings (SSSR count). The first-order chi connectivity index (χ1) is 12.5. The molecule has 0 saturated carbocycles. The second kappa shape index (κ2) is 16.5. The molecule has 154 valence electrons. The van der Waals surface area contributed by atoms with Crippen LogP contribution in [0.3, 0.4) is 0 Å². The standard InChI is InChI=1S/C20H40O5Si/c1-6-20(21)25-19(5)17-15-13-11-10-12-14-16-18-26(22-7-2,23-8-3)24-9-4/h6,19H,1,7-18H2,2-5H3. The van der Waals surface area contributed by atoms with Crippen molar-refractivity contribution in [3.8, 4) is 0 Å². The van der Waals surface area contributed by atoms with Crippen LogP contribution in [0.2, 0.25) is 6.04 Å². The lowest BCUT2D eigenvalue weighted by Gasteiger charge is -2.28. The minimum Gasteiger partial charge on any atom is -0.460 e. The van der Waals surface area contributed by atoms with Gasteiger partial charge in [-0.05, 0) is 47.0 Å². The van der Waals surface area contributed by atoms with Crippen LogP contribution in [0.15, 0.2) is 12.7 Å². The summed E-state index contributed by atoms with van der Waals surface area (Å²) in [5.74, 6) is -0.330. The van der Waals surface area contributed by atoms with E-state index in [9.17, 15) is 4.79 Å². The fraction of sp³-hybridized carbons (Fsp3) is 0.850. The Balaban J connectivity index is 3.75. The maximum absolute atomic E-state index is 11.1. The Labute approximate surface area is 161 Å². The molecule has 0 aliphatic rings. The van der Waals surface area contributed by atoms with E-state index >= 15 is 0 Å². The van der Waals surface area contributed by atoms with Gasteiger partial charge in [0.25, 0.3) is 0 Å². The maximum atomic E-state index is 11.1. The Kier molecular flexibility index (Phi) is 16.0. The van der Waals surface area contributed by atoms with Gasteiger partial charge in [-0.25, -0.2) is 4.79 Å². The topological polar surface area (TPSA) is 54.0 Å². The molecule has 0 aromatic rings. The van der Waals surface area contributed by atoms with Crippen molar-refractivity contribution >= 4 is 14.8 Å². The SMILES string of the molecule is C=CC(=O)OC(C)CCCCCCCCC[Si](OCC)(OCC)OCC. The van der Waals surface area contributed by atoms with E-state index < -0.39 is 8.80 Å². The highest BCUT2D eigenvalue weighted by atomic mass is 28.4. The monoisotopic (exact) mass is 388 g/mol. The highest BCUT2D eigenvalue weighted by Gasteiger charge is 2.39. The van der Waals surface area contributed by atoms with Gasteiger partial charge in [0, 0.05) is 31.9 Å². The zero-order chi connectivity index (χ0) is 19.7. The lowest BCUT2D eigenvalue weighted by molar-refractivity contribution is -0.142. The predicted molar refractivity (Wildman–Crippen MR) is 108 cm³/mol. The molecule has 26 heavy (non-hydrogen) atoms. The van der Waals surface area contributed by atoms with Gasteiger partial charge >= 0.3 is 14.8 Å². The molecule has 0 aliphatic heterocycles. The number of carbonyl (C=O) groups excluding carboxylic acids is 1. The van der Waals surface area contributed by atoms with Crippen molar-refractivity contribution < 1.29 is 22.8 Å². The first-order valence-electron chi connectivity index (χ1n) is 10.3. The van der Waals surface area contributed by atoms with E-state index in [2.05, 4.69) is 6.58 Å². The smallest absolute Gasteiger partial charge is 0.460 e. The van der Waals surface area contributed by atoms with E-state index in [0.29, 0.717) is 19.8 Å². The molecule has 0 N–H and O–H groups in total. The van der Waals surface area contributed by atoms with Crippen LogP contribution in [0.1, 0.15) is 79.1 Å². The van der Waals surface area contributed by atoms with Crippen LogP contribution < -0.4 is 0 Å². The first-order valence-corrected chi connectivity index (χ1v) is 12.2. The Morgan fingerprint density at radius 2 is 1.35 bits per heavy atom. The lowest BCUT2D eigenvalue weighted by Crippen LogP contribution is -2.45. The number of rotatable bonds is 18. The van der Waals surface area contributed by atoms with E-state index in [-0.39, 0.29) is 12.1 Å². The van der Waals surface area contributed by atoms with Gasteiger partial charge in [0.05, 0.1) is 6.10 Å². The fourth-order valence-corrected chi connectivity index (χ4v) is 5.65. The van der Waals surface area contributed by atoms with Gasteiger partial charge in [0.1, 0.15) is 0 Å². The highest BCUT2D eigenvalue weighted by molar-refractivity contribution is 6.60. The summed E-state index contributed by atoms with van der Waals surface area (Å²) in [5, 5.41) is 0. The molecule has 0 aromatic heterocycles. The van der Waals surface area contributed by atoms with E-state index in [4.69, 9.17) is 18.0 Å². The molecule has 1 unspecified atom stereocenters. The average molecular weight is 389 g/mol. The summed E-state index contributed by atoms with van der Waals surface area (Å²) in [6.07, 6.45) is 10.4. The summed E-state index contributed by atoms with van der Waals surface area (Å²) in [5.41, 5.74) is 0. The van der Waals surface area contributed by atoms with Crippen LogP contribution in [0.4, 0.5) is 0 Å². The average Bonchev–Trinajstić information content (AvgIpc) is 2.60. The molecular formula is C20H40O5Si. The highest BCUT2D eigenvalue weighted by Crippen LogP contribution is 2.21. The third kappa shape index (κ3) is 12.6. The minimum absolute atomic E-state index is 0.0192. The Morgan fingerprint density at radius 3 is 1.81 bits per heavy atom. The summed E-state index contributed by atoms with van der Waals surface area (Å²) in [6.45, 7) is 13.3. The van der Waals surface area contributed by atoms with E-state index in [1.54, 1.807) is 0 Å². The van der Waals surface area contributed by atoms with Crippen LogP contribution in [0.25, 0.3) is 0 Å². The zero-order valence-corrected chi connectivity index (χ0v) is 18.4. The Bertz CT molecular complexity index is 345. The maximum Gasteiger partial charge on any atom is 0.500 e. The van der Waals surface area contributed by atoms with Gasteiger partial charge in [-0.2, -0.15) is 0 Å². The van der Waals surface area contributed by atoms with Crippen molar-refractivity contribution in [1.82, 2.24) is 0 Å². The molecule has 5 nitrogen and oxygen atoms in total. The normalized spacial score (nSPS) is 12.8. The zero-order valence-electron chi connectivity index (χ0n) is 17.4. The van der Waals surface area contributed by atoms with Gasteiger partial charge in [0.15, 0.2) is 0 Å². The van der Waals surface area contributed by atoms with Gasteiger partial charge in [0.2, 0.25) is 0 Å². The first kappa shape index (κ1) is 25.3. The number of esters is 1. The third-order valence-electron chi connectivity index (χ3n) is 4.17.